The number of aromatic nitrogens is 2. The molecule has 4 aromatic rings. The highest BCUT2D eigenvalue weighted by atomic mass is 32.1. The topological polar surface area (TPSA) is 66.9 Å². The number of amides is 1. The van der Waals surface area contributed by atoms with Crippen molar-refractivity contribution in [2.45, 2.75) is 6.42 Å². The first-order valence-corrected chi connectivity index (χ1v) is 9.67. The van der Waals surface area contributed by atoms with Crippen molar-refractivity contribution in [3.63, 3.8) is 0 Å². The molecule has 0 radical (unpaired) electrons. The lowest BCUT2D eigenvalue weighted by atomic mass is 10.2. The van der Waals surface area contributed by atoms with Crippen LogP contribution in [0.2, 0.25) is 0 Å². The Balaban J connectivity index is 1.57. The van der Waals surface area contributed by atoms with E-state index in [0.29, 0.717) is 23.6 Å². The molecule has 0 aliphatic carbocycles. The summed E-state index contributed by atoms with van der Waals surface area (Å²) in [5, 5.41) is 8.81. The lowest BCUT2D eigenvalue weighted by Crippen LogP contribution is -2.27. The molecule has 2 aromatic carbocycles. The van der Waals surface area contributed by atoms with Gasteiger partial charge >= 0.3 is 0 Å². The molecule has 0 saturated carbocycles. The normalized spacial score (nSPS) is 10.8. The van der Waals surface area contributed by atoms with Gasteiger partial charge in [-0.25, -0.2) is 14.4 Å². The SMILES string of the molecule is O=C(NCCc1cccs1)c1nc(Nc2ccc(F)cc2)c2ccccc2n1. The molecule has 7 heteroatoms. The number of fused-ring (bicyclic) bond motifs is 1. The molecule has 0 unspecified atom stereocenters. The fourth-order valence-corrected chi connectivity index (χ4v) is 3.49. The van der Waals surface area contributed by atoms with E-state index < -0.39 is 0 Å². The molecule has 0 atom stereocenters. The van der Waals surface area contributed by atoms with Gasteiger partial charge < -0.3 is 10.6 Å². The van der Waals surface area contributed by atoms with Crippen molar-refractivity contribution in [2.75, 3.05) is 11.9 Å². The average molecular weight is 392 g/mol. The second kappa shape index (κ2) is 8.14. The molecule has 2 heterocycles. The molecule has 0 saturated heterocycles. The summed E-state index contributed by atoms with van der Waals surface area (Å²) in [6.45, 7) is 0.510. The van der Waals surface area contributed by atoms with E-state index in [1.807, 2.05) is 41.8 Å². The Kier molecular flexibility index (Phi) is 5.25. The van der Waals surface area contributed by atoms with E-state index in [4.69, 9.17) is 0 Å². The second-order valence-corrected chi connectivity index (χ2v) is 7.16. The van der Waals surface area contributed by atoms with Gasteiger partial charge in [-0.1, -0.05) is 18.2 Å². The van der Waals surface area contributed by atoms with Crippen molar-refractivity contribution in [1.29, 1.82) is 0 Å². The summed E-state index contributed by atoms with van der Waals surface area (Å²) in [6.07, 6.45) is 0.762. The van der Waals surface area contributed by atoms with Crippen LogP contribution in [0.5, 0.6) is 0 Å². The highest BCUT2D eigenvalue weighted by Gasteiger charge is 2.14. The van der Waals surface area contributed by atoms with Gasteiger partial charge in [0.1, 0.15) is 11.6 Å². The zero-order valence-corrected chi connectivity index (χ0v) is 15.7. The van der Waals surface area contributed by atoms with E-state index in [0.717, 1.165) is 11.8 Å². The van der Waals surface area contributed by atoms with E-state index >= 15 is 0 Å². The molecule has 4 rings (SSSR count). The predicted octanol–water partition coefficient (Wildman–Crippen LogP) is 4.55. The largest absolute Gasteiger partial charge is 0.349 e. The number of carbonyl (C=O) groups excluding carboxylic acids is 1. The van der Waals surface area contributed by atoms with E-state index in [-0.39, 0.29) is 17.5 Å². The number of nitrogens with zero attached hydrogens (tertiary/aromatic N) is 2. The Morgan fingerprint density at radius 1 is 1.00 bits per heavy atom. The number of hydrogen-bond acceptors (Lipinski definition) is 5. The number of thiophene rings is 1. The smallest absolute Gasteiger partial charge is 0.289 e. The third-order valence-electron chi connectivity index (χ3n) is 4.15. The van der Waals surface area contributed by atoms with Crippen LogP contribution in [0.25, 0.3) is 10.9 Å². The van der Waals surface area contributed by atoms with Crippen LogP contribution in [0.1, 0.15) is 15.5 Å². The molecule has 1 amide bonds. The average Bonchev–Trinajstić information content (AvgIpc) is 3.23. The summed E-state index contributed by atoms with van der Waals surface area (Å²) in [5.41, 5.74) is 1.33. The number of anilines is 2. The van der Waals surface area contributed by atoms with Crippen LogP contribution in [-0.2, 0) is 6.42 Å². The highest BCUT2D eigenvalue weighted by molar-refractivity contribution is 7.09. The Bertz CT molecular complexity index is 1100. The first-order valence-electron chi connectivity index (χ1n) is 8.79. The maximum Gasteiger partial charge on any atom is 0.289 e. The minimum atomic E-state index is -0.329. The fourth-order valence-electron chi connectivity index (χ4n) is 2.78. The molecule has 0 aliphatic rings. The van der Waals surface area contributed by atoms with E-state index in [2.05, 4.69) is 20.6 Å². The molecule has 2 N–H and O–H groups in total. The number of para-hydroxylation sites is 1. The zero-order valence-electron chi connectivity index (χ0n) is 14.9. The maximum absolute atomic E-state index is 13.2. The highest BCUT2D eigenvalue weighted by Crippen LogP contribution is 2.24. The van der Waals surface area contributed by atoms with E-state index in [1.165, 1.54) is 17.0 Å². The molecule has 28 heavy (non-hydrogen) atoms. The van der Waals surface area contributed by atoms with Crippen molar-refractivity contribution >= 4 is 39.7 Å². The Morgan fingerprint density at radius 2 is 1.82 bits per heavy atom. The number of nitrogens with one attached hydrogen (secondary N) is 2. The maximum atomic E-state index is 13.2. The van der Waals surface area contributed by atoms with Crippen molar-refractivity contribution in [1.82, 2.24) is 15.3 Å². The van der Waals surface area contributed by atoms with Gasteiger partial charge in [-0.15, -0.1) is 11.3 Å². The summed E-state index contributed by atoms with van der Waals surface area (Å²) >= 11 is 1.66. The number of rotatable bonds is 6. The molecular formula is C21H17FN4OS. The first-order chi connectivity index (χ1) is 13.7. The van der Waals surface area contributed by atoms with Crippen LogP contribution < -0.4 is 10.6 Å². The Labute approximate surface area is 165 Å². The van der Waals surface area contributed by atoms with Gasteiger partial charge in [0.15, 0.2) is 0 Å². The molecule has 0 aliphatic heterocycles. The molecule has 5 nitrogen and oxygen atoms in total. The number of benzene rings is 2. The zero-order chi connectivity index (χ0) is 19.3. The summed E-state index contributed by atoms with van der Waals surface area (Å²) < 4.78 is 13.2. The van der Waals surface area contributed by atoms with Gasteiger partial charge in [0.2, 0.25) is 5.82 Å². The molecule has 2 aromatic heterocycles. The molecule has 0 fully saturated rings. The lowest BCUT2D eigenvalue weighted by Gasteiger charge is -2.11. The van der Waals surface area contributed by atoms with Gasteiger partial charge in [-0.2, -0.15) is 0 Å². The molecule has 0 bridgehead atoms. The minimum Gasteiger partial charge on any atom is -0.349 e. The quantitative estimate of drug-likeness (QED) is 0.505. The van der Waals surface area contributed by atoms with Crippen molar-refractivity contribution in [2.24, 2.45) is 0 Å². The van der Waals surface area contributed by atoms with Crippen molar-refractivity contribution in [3.05, 3.63) is 82.6 Å². The lowest BCUT2D eigenvalue weighted by molar-refractivity contribution is 0.0944. The van der Waals surface area contributed by atoms with E-state index in [9.17, 15) is 9.18 Å². The number of hydrogen-bond donors (Lipinski definition) is 2. The van der Waals surface area contributed by atoms with Crippen LogP contribution >= 0.6 is 11.3 Å². The summed E-state index contributed by atoms with van der Waals surface area (Å²) in [7, 11) is 0. The Morgan fingerprint density at radius 3 is 2.61 bits per heavy atom. The summed E-state index contributed by atoms with van der Waals surface area (Å²) in [4.78, 5) is 22.6. The van der Waals surface area contributed by atoms with Gasteiger partial charge in [0.05, 0.1) is 5.52 Å². The molecule has 0 spiro atoms. The number of carbonyl (C=O) groups is 1. The van der Waals surface area contributed by atoms with Crippen molar-refractivity contribution < 1.29 is 9.18 Å². The van der Waals surface area contributed by atoms with Gasteiger partial charge in [0.25, 0.3) is 5.91 Å². The monoisotopic (exact) mass is 392 g/mol. The predicted molar refractivity (Wildman–Crippen MR) is 110 cm³/mol. The standard InChI is InChI=1S/C21H17FN4OS/c22-14-7-9-15(10-8-14)24-19-17-5-1-2-6-18(17)25-20(26-19)21(27)23-12-11-16-4-3-13-28-16/h1-10,13H,11-12H2,(H,23,27)(H,24,25,26). The van der Waals surface area contributed by atoms with Crippen LogP contribution in [0.15, 0.2) is 66.0 Å². The van der Waals surface area contributed by atoms with Crippen molar-refractivity contribution in [3.8, 4) is 0 Å². The molecule has 140 valence electrons. The van der Waals surface area contributed by atoms with Crippen LogP contribution in [0.3, 0.4) is 0 Å². The van der Waals surface area contributed by atoms with E-state index in [1.54, 1.807) is 23.5 Å². The second-order valence-electron chi connectivity index (χ2n) is 6.13. The fraction of sp³-hybridized carbons (Fsp3) is 0.0952. The summed E-state index contributed by atoms with van der Waals surface area (Å²) in [6, 6.07) is 17.4. The third-order valence-corrected chi connectivity index (χ3v) is 5.09. The Hall–Kier alpha value is -3.32. The van der Waals surface area contributed by atoms with Gasteiger partial charge in [-0.3, -0.25) is 4.79 Å². The minimum absolute atomic E-state index is 0.0921. The van der Waals surface area contributed by atoms with Crippen LogP contribution in [0.4, 0.5) is 15.9 Å². The van der Waals surface area contributed by atoms with Crippen LogP contribution in [0, 0.1) is 5.82 Å². The van der Waals surface area contributed by atoms with Crippen LogP contribution in [-0.4, -0.2) is 22.4 Å². The summed E-state index contributed by atoms with van der Waals surface area (Å²) in [5.74, 6) is -0.0523. The van der Waals surface area contributed by atoms with Gasteiger partial charge in [-0.05, 0) is 54.3 Å². The third kappa shape index (κ3) is 4.15. The van der Waals surface area contributed by atoms with Gasteiger partial charge in [0, 0.05) is 22.5 Å². The first kappa shape index (κ1) is 18.1. The number of halogens is 1. The molecular weight excluding hydrogens is 375 g/mol.